The summed E-state index contributed by atoms with van der Waals surface area (Å²) >= 11 is 3.23. The van der Waals surface area contributed by atoms with Crippen molar-refractivity contribution in [2.45, 2.75) is 13.0 Å². The number of carbonyl (C=O) groups excluding carboxylic acids is 1. The van der Waals surface area contributed by atoms with Crippen molar-refractivity contribution in [3.8, 4) is 0 Å². The highest BCUT2D eigenvalue weighted by Gasteiger charge is 2.16. The highest BCUT2D eigenvalue weighted by molar-refractivity contribution is 7.27. The third-order valence-corrected chi connectivity index (χ3v) is 5.84. The molecule has 0 fully saturated rings. The standard InChI is InChI=1S/C16H14N2OS2/c19-16(15-8-14-13(21-15)5-7-20-14)18-12-3-1-2-10-9-17-6-4-11(10)12/h1-3,5,7-8,17H,4,6,9H2,(H,18,19). The molecule has 0 aliphatic carbocycles. The van der Waals surface area contributed by atoms with E-state index in [1.54, 1.807) is 22.7 Å². The predicted molar refractivity (Wildman–Crippen MR) is 89.5 cm³/mol. The van der Waals surface area contributed by atoms with Gasteiger partial charge in [0.15, 0.2) is 0 Å². The lowest BCUT2D eigenvalue weighted by Crippen LogP contribution is -2.25. The number of benzene rings is 1. The number of rotatable bonds is 2. The summed E-state index contributed by atoms with van der Waals surface area (Å²) in [6, 6.07) is 10.2. The van der Waals surface area contributed by atoms with E-state index in [1.165, 1.54) is 20.5 Å². The molecule has 0 saturated heterocycles. The quantitative estimate of drug-likeness (QED) is 0.754. The van der Waals surface area contributed by atoms with Crippen molar-refractivity contribution in [3.05, 3.63) is 51.7 Å². The molecule has 3 heterocycles. The van der Waals surface area contributed by atoms with E-state index in [2.05, 4.69) is 28.1 Å². The van der Waals surface area contributed by atoms with Gasteiger partial charge in [-0.15, -0.1) is 22.7 Å². The molecule has 1 aromatic carbocycles. The highest BCUT2D eigenvalue weighted by Crippen LogP contribution is 2.31. The third kappa shape index (κ3) is 2.37. The molecule has 106 valence electrons. The van der Waals surface area contributed by atoms with Gasteiger partial charge in [-0.25, -0.2) is 0 Å². The van der Waals surface area contributed by atoms with Crippen LogP contribution in [0.15, 0.2) is 35.7 Å². The summed E-state index contributed by atoms with van der Waals surface area (Å²) in [4.78, 5) is 13.2. The molecule has 1 amide bonds. The lowest BCUT2D eigenvalue weighted by atomic mass is 9.99. The number of hydrogen-bond donors (Lipinski definition) is 2. The average Bonchev–Trinajstić information content (AvgIpc) is 3.09. The number of thiophene rings is 2. The second-order valence-electron chi connectivity index (χ2n) is 5.08. The predicted octanol–water partition coefficient (Wildman–Crippen LogP) is 3.86. The zero-order valence-electron chi connectivity index (χ0n) is 11.3. The van der Waals surface area contributed by atoms with Gasteiger partial charge in [0, 0.05) is 21.6 Å². The zero-order valence-corrected chi connectivity index (χ0v) is 12.9. The molecule has 0 saturated carbocycles. The Morgan fingerprint density at radius 1 is 1.24 bits per heavy atom. The van der Waals surface area contributed by atoms with E-state index in [-0.39, 0.29) is 5.91 Å². The minimum Gasteiger partial charge on any atom is -0.321 e. The Kier molecular flexibility index (Phi) is 3.25. The summed E-state index contributed by atoms with van der Waals surface area (Å²) in [7, 11) is 0. The Bertz CT molecular complexity index is 790. The van der Waals surface area contributed by atoms with Gasteiger partial charge in [-0.2, -0.15) is 0 Å². The normalized spacial score (nSPS) is 14.1. The van der Waals surface area contributed by atoms with Gasteiger partial charge in [0.25, 0.3) is 5.91 Å². The molecule has 0 spiro atoms. The van der Waals surface area contributed by atoms with E-state index in [9.17, 15) is 4.79 Å². The minimum atomic E-state index is -0.00432. The molecule has 2 N–H and O–H groups in total. The van der Waals surface area contributed by atoms with E-state index < -0.39 is 0 Å². The van der Waals surface area contributed by atoms with Gasteiger partial charge in [-0.3, -0.25) is 4.79 Å². The fourth-order valence-corrected chi connectivity index (χ4v) is 4.71. The van der Waals surface area contributed by atoms with Gasteiger partial charge in [-0.05, 0) is 47.7 Å². The third-order valence-electron chi connectivity index (χ3n) is 3.75. The molecule has 4 rings (SSSR count). The van der Waals surface area contributed by atoms with Crippen molar-refractivity contribution < 1.29 is 4.79 Å². The first-order chi connectivity index (χ1) is 10.3. The van der Waals surface area contributed by atoms with Crippen molar-refractivity contribution in [1.29, 1.82) is 0 Å². The maximum atomic E-state index is 12.5. The van der Waals surface area contributed by atoms with Gasteiger partial charge < -0.3 is 10.6 Å². The largest absolute Gasteiger partial charge is 0.321 e. The summed E-state index contributed by atoms with van der Waals surface area (Å²) in [5.74, 6) is -0.00432. The smallest absolute Gasteiger partial charge is 0.265 e. The summed E-state index contributed by atoms with van der Waals surface area (Å²) in [6.07, 6.45) is 0.964. The van der Waals surface area contributed by atoms with Gasteiger partial charge in [-0.1, -0.05) is 12.1 Å². The molecule has 0 atom stereocenters. The topological polar surface area (TPSA) is 41.1 Å². The molecule has 1 aliphatic rings. The number of hydrogen-bond acceptors (Lipinski definition) is 4. The molecule has 1 aliphatic heterocycles. The second kappa shape index (κ2) is 5.26. The molecule has 3 aromatic rings. The van der Waals surface area contributed by atoms with Crippen LogP contribution in [0, 0.1) is 0 Å². The number of anilines is 1. The molecule has 5 heteroatoms. The molecule has 0 unspecified atom stereocenters. The lowest BCUT2D eigenvalue weighted by Gasteiger charge is -2.20. The molecule has 3 nitrogen and oxygen atoms in total. The van der Waals surface area contributed by atoms with Crippen LogP contribution in [0.25, 0.3) is 9.40 Å². The monoisotopic (exact) mass is 314 g/mol. The minimum absolute atomic E-state index is 0.00432. The first-order valence-electron chi connectivity index (χ1n) is 6.91. The van der Waals surface area contributed by atoms with Gasteiger partial charge in [0.2, 0.25) is 0 Å². The van der Waals surface area contributed by atoms with E-state index in [0.29, 0.717) is 0 Å². The first kappa shape index (κ1) is 13.0. The summed E-state index contributed by atoms with van der Waals surface area (Å²) in [5.41, 5.74) is 3.50. The molecule has 0 radical (unpaired) electrons. The maximum absolute atomic E-state index is 12.5. The van der Waals surface area contributed by atoms with E-state index >= 15 is 0 Å². The van der Waals surface area contributed by atoms with Gasteiger partial charge >= 0.3 is 0 Å². The van der Waals surface area contributed by atoms with Crippen molar-refractivity contribution in [2.75, 3.05) is 11.9 Å². The Hall–Kier alpha value is -1.69. The Morgan fingerprint density at radius 3 is 3.10 bits per heavy atom. The second-order valence-corrected chi connectivity index (χ2v) is 7.12. The van der Waals surface area contributed by atoms with E-state index in [0.717, 1.165) is 30.1 Å². The van der Waals surface area contributed by atoms with Crippen LogP contribution in [0.5, 0.6) is 0 Å². The fourth-order valence-electron chi connectivity index (χ4n) is 2.71. The van der Waals surface area contributed by atoms with Crippen molar-refractivity contribution in [3.63, 3.8) is 0 Å². The number of carbonyl (C=O) groups is 1. The number of nitrogens with one attached hydrogen (secondary N) is 2. The fraction of sp³-hybridized carbons (Fsp3) is 0.188. The SMILES string of the molecule is O=C(Nc1cccc2c1CCNC2)c1cc2sccc2s1. The molecule has 2 aromatic heterocycles. The van der Waals surface area contributed by atoms with Crippen molar-refractivity contribution in [2.24, 2.45) is 0 Å². The summed E-state index contributed by atoms with van der Waals surface area (Å²) in [5, 5.41) is 8.50. The van der Waals surface area contributed by atoms with Crippen LogP contribution in [0.3, 0.4) is 0 Å². The highest BCUT2D eigenvalue weighted by atomic mass is 32.1. The molecule has 21 heavy (non-hydrogen) atoms. The summed E-state index contributed by atoms with van der Waals surface area (Å²) in [6.45, 7) is 1.85. The number of amides is 1. The Balaban J connectivity index is 1.63. The van der Waals surface area contributed by atoms with Crippen LogP contribution < -0.4 is 10.6 Å². The molecular weight excluding hydrogens is 300 g/mol. The Morgan fingerprint density at radius 2 is 2.19 bits per heavy atom. The molecular formula is C16H14N2OS2. The molecule has 0 bridgehead atoms. The number of fused-ring (bicyclic) bond motifs is 2. The lowest BCUT2D eigenvalue weighted by molar-refractivity contribution is 0.103. The summed E-state index contributed by atoms with van der Waals surface area (Å²) < 4.78 is 2.37. The van der Waals surface area contributed by atoms with Crippen molar-refractivity contribution >= 4 is 43.7 Å². The first-order valence-corrected chi connectivity index (χ1v) is 8.61. The van der Waals surface area contributed by atoms with Crippen LogP contribution in [0.4, 0.5) is 5.69 Å². The van der Waals surface area contributed by atoms with Crippen molar-refractivity contribution in [1.82, 2.24) is 5.32 Å². The zero-order chi connectivity index (χ0) is 14.2. The van der Waals surface area contributed by atoms with Gasteiger partial charge in [0.1, 0.15) is 0 Å². The van der Waals surface area contributed by atoms with Crippen LogP contribution in [-0.4, -0.2) is 12.5 Å². The van der Waals surface area contributed by atoms with Gasteiger partial charge in [0.05, 0.1) is 4.88 Å². The van der Waals surface area contributed by atoms with E-state index in [4.69, 9.17) is 0 Å². The van der Waals surface area contributed by atoms with Crippen LogP contribution in [-0.2, 0) is 13.0 Å². The van der Waals surface area contributed by atoms with E-state index in [1.807, 2.05) is 18.2 Å². The Labute approximate surface area is 130 Å². The van der Waals surface area contributed by atoms with Crippen LogP contribution in [0.2, 0.25) is 0 Å². The van der Waals surface area contributed by atoms with Crippen LogP contribution in [0.1, 0.15) is 20.8 Å². The average molecular weight is 314 g/mol. The van der Waals surface area contributed by atoms with Crippen LogP contribution >= 0.6 is 22.7 Å². The maximum Gasteiger partial charge on any atom is 0.265 e.